The summed E-state index contributed by atoms with van der Waals surface area (Å²) in [6.07, 6.45) is 0. The molecule has 0 unspecified atom stereocenters. The van der Waals surface area contributed by atoms with Crippen molar-refractivity contribution in [1.82, 2.24) is 37.5 Å². The zero-order chi connectivity index (χ0) is 59.3. The van der Waals surface area contributed by atoms with Gasteiger partial charge in [0, 0.05) is 91.6 Å². The molecule has 24 rings (SSSR count). The minimum absolute atomic E-state index is 0.101. The molecule has 416 valence electrons. The quantitative estimate of drug-likeness (QED) is 0.103. The fourth-order valence-corrected chi connectivity index (χ4v) is 20.1. The molecule has 90 heavy (non-hydrogen) atoms. The van der Waals surface area contributed by atoms with E-state index in [0.29, 0.717) is 137 Å². The lowest BCUT2D eigenvalue weighted by Gasteiger charge is -2.17. The van der Waals surface area contributed by atoms with E-state index in [2.05, 4.69) is 0 Å². The van der Waals surface area contributed by atoms with E-state index >= 15 is 0 Å². The van der Waals surface area contributed by atoms with Crippen LogP contribution in [-0.2, 0) is 19.7 Å². The van der Waals surface area contributed by atoms with Crippen molar-refractivity contribution in [2.24, 2.45) is 0 Å². The van der Waals surface area contributed by atoms with Gasteiger partial charge in [-0.15, -0.1) is 0 Å². The van der Waals surface area contributed by atoms with E-state index in [9.17, 15) is 36.0 Å². The summed E-state index contributed by atoms with van der Waals surface area (Å²) in [5.41, 5.74) is 6.37. The molecule has 14 aromatic carbocycles. The van der Waals surface area contributed by atoms with E-state index in [1.54, 1.807) is 41.9 Å². The summed E-state index contributed by atoms with van der Waals surface area (Å²) in [4.78, 5) is 76.7. The molecule has 0 saturated heterocycles. The standard InChI is InChI=1S/2C36H14N4O4S/c41-35-18-12-10-16-15-9-11-17-27-20(36(42)39-23-7-3-1-5-21(23)37-33(17)39)14-26-32(29(15)27)31-25(45(26,43)44)13-19(28(18)30(16)31)34-38-22-6-2-4-8-24(22)40(34)35;41-35-19-13-25-31-29-15(9-11-17(27(19)29)33-37-21-5-1-3-7-23(21)39(33)35)16-10-12-18-28-20(14-26(45(25,43)44)32(31)30(16)28)36(42)40-24-8-4-2-6-22(24)38-34(18)40/h2*1-14H. The maximum absolute atomic E-state index is 14.6. The second-order valence-electron chi connectivity index (χ2n) is 24.1. The van der Waals surface area contributed by atoms with Crippen LogP contribution in [0, 0.1) is 0 Å². The molecule has 10 heterocycles. The zero-order valence-corrected chi connectivity index (χ0v) is 47.5. The lowest BCUT2D eigenvalue weighted by Crippen LogP contribution is -2.14. The second kappa shape index (κ2) is 14.4. The Morgan fingerprint density at radius 2 is 0.467 bits per heavy atom. The Labute approximate surface area is 498 Å². The number of fused-ring (bicyclic) bond motifs is 18. The maximum atomic E-state index is 14.6. The highest BCUT2D eigenvalue weighted by molar-refractivity contribution is 7.92. The number of hydrogen-bond acceptors (Lipinski definition) is 12. The van der Waals surface area contributed by atoms with Crippen LogP contribution >= 0.6 is 0 Å². The third-order valence-corrected chi connectivity index (χ3v) is 23.8. The number of rotatable bonds is 0. The summed E-state index contributed by atoms with van der Waals surface area (Å²) in [6, 6.07) is 51.8. The SMILES string of the molecule is O=c1c2cc3c4c5c(cc6c(=O)n7c8ccccc8nc7c7ccc(c8ccc(c2c84)c2nc4ccccc4n12)c5c67)S3(=O)=O.O=c1c2cc3c4c5c(cc6c7c(ccc(c8ccc(c2c84)c2nc4ccccc4n12)c57)c(=O)n1c2ccccc2nc61)S3(=O)=O. The van der Waals surface area contributed by atoms with Crippen LogP contribution in [0.25, 0.3) is 196 Å². The van der Waals surface area contributed by atoms with Gasteiger partial charge in [-0.05, 0) is 119 Å². The molecule has 8 aromatic heterocycles. The lowest BCUT2D eigenvalue weighted by atomic mass is 9.86. The smallest absolute Gasteiger partial charge is 0.264 e. The number of pyridine rings is 4. The van der Waals surface area contributed by atoms with Crippen molar-refractivity contribution in [3.05, 3.63) is 211 Å². The highest BCUT2D eigenvalue weighted by atomic mass is 32.2. The molecule has 2 aliphatic rings. The zero-order valence-electron chi connectivity index (χ0n) is 45.8. The van der Waals surface area contributed by atoms with Gasteiger partial charge in [0.1, 0.15) is 22.6 Å². The number of nitrogens with zero attached hydrogens (tertiary/aromatic N) is 8. The number of benzene rings is 14. The number of para-hydroxylation sites is 8. The predicted octanol–water partition coefficient (Wildman–Crippen LogP) is 12.8. The van der Waals surface area contributed by atoms with Gasteiger partial charge in [-0.2, -0.15) is 0 Å². The van der Waals surface area contributed by atoms with Gasteiger partial charge in [-0.3, -0.25) is 36.8 Å². The normalized spacial score (nSPS) is 14.8. The van der Waals surface area contributed by atoms with Crippen molar-refractivity contribution in [2.75, 3.05) is 0 Å². The van der Waals surface area contributed by atoms with Gasteiger partial charge in [-0.25, -0.2) is 36.8 Å². The first-order chi connectivity index (χ1) is 43.9. The molecule has 0 fully saturated rings. The number of aromatic nitrogens is 8. The van der Waals surface area contributed by atoms with Crippen molar-refractivity contribution in [1.29, 1.82) is 0 Å². The van der Waals surface area contributed by atoms with E-state index in [-0.39, 0.29) is 41.8 Å². The molecule has 0 radical (unpaired) electrons. The molecule has 0 saturated carbocycles. The van der Waals surface area contributed by atoms with Crippen LogP contribution < -0.4 is 22.2 Å². The largest absolute Gasteiger partial charge is 0.268 e. The minimum Gasteiger partial charge on any atom is -0.268 e. The Kier molecular flexibility index (Phi) is 7.43. The molecular weight excluding hydrogens is 1170 g/mol. The Morgan fingerprint density at radius 1 is 0.233 bits per heavy atom. The summed E-state index contributed by atoms with van der Waals surface area (Å²) in [7, 11) is -8.12. The molecule has 0 atom stereocenters. The van der Waals surface area contributed by atoms with Crippen LogP contribution in [0.15, 0.2) is 209 Å². The van der Waals surface area contributed by atoms with Gasteiger partial charge in [0.25, 0.3) is 22.2 Å². The van der Waals surface area contributed by atoms with E-state index < -0.39 is 19.7 Å². The Hall–Kier alpha value is -11.9. The summed E-state index contributed by atoms with van der Waals surface area (Å²) < 4.78 is 64.5. The average Bonchev–Trinajstić information content (AvgIpc) is 1.46. The van der Waals surface area contributed by atoms with Crippen LogP contribution in [0.2, 0.25) is 0 Å². The third-order valence-electron chi connectivity index (χ3n) is 20.2. The van der Waals surface area contributed by atoms with Crippen LogP contribution in [0.1, 0.15) is 0 Å². The van der Waals surface area contributed by atoms with Crippen molar-refractivity contribution < 1.29 is 16.8 Å². The van der Waals surface area contributed by atoms with Crippen LogP contribution in [0.4, 0.5) is 0 Å². The van der Waals surface area contributed by atoms with Crippen molar-refractivity contribution in [2.45, 2.75) is 19.6 Å². The van der Waals surface area contributed by atoms with Crippen LogP contribution in [0.5, 0.6) is 0 Å². The Bertz CT molecular complexity index is 7340. The molecule has 0 bridgehead atoms. The molecule has 2 aliphatic heterocycles. The van der Waals surface area contributed by atoms with Crippen LogP contribution in [0.3, 0.4) is 0 Å². The molecular formula is C72H28N8O8S2. The van der Waals surface area contributed by atoms with Gasteiger partial charge in [0.15, 0.2) is 0 Å². The third kappa shape index (κ3) is 4.77. The summed E-state index contributed by atoms with van der Waals surface area (Å²) >= 11 is 0. The Balaban J connectivity index is 0.000000116. The van der Waals surface area contributed by atoms with Crippen molar-refractivity contribution in [3.8, 4) is 0 Å². The second-order valence-corrected chi connectivity index (χ2v) is 27.9. The molecule has 0 spiro atoms. The molecule has 0 N–H and O–H groups in total. The van der Waals surface area contributed by atoms with Gasteiger partial charge in [0.05, 0.1) is 79.9 Å². The van der Waals surface area contributed by atoms with Crippen LogP contribution in [-0.4, -0.2) is 54.4 Å². The van der Waals surface area contributed by atoms with E-state index in [1.165, 1.54) is 0 Å². The van der Waals surface area contributed by atoms with Crippen molar-refractivity contribution in [3.63, 3.8) is 0 Å². The summed E-state index contributed by atoms with van der Waals surface area (Å²) in [6.45, 7) is 0. The molecule has 0 aliphatic carbocycles. The first-order valence-electron chi connectivity index (χ1n) is 29.0. The van der Waals surface area contributed by atoms with E-state index in [4.69, 9.17) is 19.9 Å². The molecule has 0 amide bonds. The molecule has 18 heteroatoms. The van der Waals surface area contributed by atoms with Gasteiger partial charge in [-0.1, -0.05) is 72.8 Å². The summed E-state index contributed by atoms with van der Waals surface area (Å²) in [5.74, 6) is 0. The molecule has 22 aromatic rings. The fourth-order valence-electron chi connectivity index (χ4n) is 16.7. The highest BCUT2D eigenvalue weighted by Gasteiger charge is 2.40. The highest BCUT2D eigenvalue weighted by Crippen LogP contribution is 2.56. The van der Waals surface area contributed by atoms with Gasteiger partial charge < -0.3 is 0 Å². The monoisotopic (exact) mass is 1200 g/mol. The Morgan fingerprint density at radius 3 is 0.778 bits per heavy atom. The maximum Gasteiger partial charge on any atom is 0.264 e. The lowest BCUT2D eigenvalue weighted by molar-refractivity contribution is 0.597. The topological polar surface area (TPSA) is 206 Å². The van der Waals surface area contributed by atoms with E-state index in [1.807, 2.05) is 146 Å². The van der Waals surface area contributed by atoms with Crippen molar-refractivity contribution >= 4 is 216 Å². The predicted molar refractivity (Wildman–Crippen MR) is 351 cm³/mol. The summed E-state index contributed by atoms with van der Waals surface area (Å²) in [5, 5.41) is 15.9. The van der Waals surface area contributed by atoms with E-state index in [0.717, 1.165) is 59.2 Å². The first-order valence-corrected chi connectivity index (χ1v) is 32.0. The van der Waals surface area contributed by atoms with Gasteiger partial charge >= 0.3 is 0 Å². The van der Waals surface area contributed by atoms with Gasteiger partial charge in [0.2, 0.25) is 19.7 Å². The number of imidazole rings is 4. The minimum atomic E-state index is -4.08. The average molecular weight is 1200 g/mol. The molecule has 16 nitrogen and oxygen atoms in total. The fraction of sp³-hybridized carbons (Fsp3) is 0. The number of sulfone groups is 2. The number of hydrogen-bond donors (Lipinski definition) is 0. The first kappa shape index (κ1) is 46.4.